The maximum Gasteiger partial charge on any atom is 0.175 e. The summed E-state index contributed by atoms with van der Waals surface area (Å²) in [5.74, 6) is -2.72. The van der Waals surface area contributed by atoms with Crippen LogP contribution in [-0.2, 0) is 0 Å². The second-order valence-corrected chi connectivity index (χ2v) is 5.87. The van der Waals surface area contributed by atoms with Gasteiger partial charge in [0, 0.05) is 5.56 Å². The molecule has 0 aromatic heterocycles. The highest BCUT2D eigenvalue weighted by molar-refractivity contribution is 5.90. The Labute approximate surface area is 155 Å². The van der Waals surface area contributed by atoms with Crippen molar-refractivity contribution < 1.29 is 22.6 Å². The Bertz CT molecular complexity index is 979. The van der Waals surface area contributed by atoms with Crippen molar-refractivity contribution >= 4 is 10.8 Å². The third-order valence-electron chi connectivity index (χ3n) is 4.13. The Morgan fingerprint density at radius 2 is 1.63 bits per heavy atom. The first-order valence-corrected chi connectivity index (χ1v) is 8.64. The second kappa shape index (κ2) is 8.16. The lowest BCUT2D eigenvalue weighted by Gasteiger charge is -2.12. The van der Waals surface area contributed by atoms with Gasteiger partial charge in [0.05, 0.1) is 12.0 Å². The Morgan fingerprint density at radius 1 is 0.889 bits per heavy atom. The van der Waals surface area contributed by atoms with Crippen LogP contribution in [0, 0.1) is 17.5 Å². The van der Waals surface area contributed by atoms with Crippen LogP contribution in [0.25, 0.3) is 21.9 Å². The lowest BCUT2D eigenvalue weighted by Crippen LogP contribution is -2.00. The van der Waals surface area contributed by atoms with Gasteiger partial charge in [0.15, 0.2) is 23.2 Å². The van der Waals surface area contributed by atoms with Gasteiger partial charge in [-0.1, -0.05) is 30.4 Å². The smallest absolute Gasteiger partial charge is 0.175 e. The van der Waals surface area contributed by atoms with Crippen molar-refractivity contribution in [2.75, 3.05) is 13.2 Å². The summed E-state index contributed by atoms with van der Waals surface area (Å²) >= 11 is 0. The molecule has 2 nitrogen and oxygen atoms in total. The van der Waals surface area contributed by atoms with Gasteiger partial charge in [0.1, 0.15) is 12.4 Å². The van der Waals surface area contributed by atoms with E-state index in [4.69, 9.17) is 9.47 Å². The first-order valence-electron chi connectivity index (χ1n) is 8.64. The summed E-state index contributed by atoms with van der Waals surface area (Å²) in [6.45, 7) is 4.32. The molecule has 0 spiro atoms. The normalized spacial score (nSPS) is 11.3. The van der Waals surface area contributed by atoms with E-state index < -0.39 is 22.8 Å². The van der Waals surface area contributed by atoms with Gasteiger partial charge in [-0.2, -0.15) is 0 Å². The summed E-state index contributed by atoms with van der Waals surface area (Å²) in [4.78, 5) is 0. The van der Waals surface area contributed by atoms with Crippen LogP contribution in [0.2, 0.25) is 0 Å². The van der Waals surface area contributed by atoms with Gasteiger partial charge in [0.2, 0.25) is 0 Å². The molecule has 0 bridgehead atoms. The third kappa shape index (κ3) is 3.77. The summed E-state index contributed by atoms with van der Waals surface area (Å²) in [6, 6.07) is 11.0. The molecule has 3 rings (SSSR count). The highest BCUT2D eigenvalue weighted by atomic mass is 19.2. The average molecular weight is 372 g/mol. The fourth-order valence-corrected chi connectivity index (χ4v) is 2.82. The van der Waals surface area contributed by atoms with Gasteiger partial charge in [-0.05, 0) is 49.1 Å². The molecule has 3 aromatic rings. The van der Waals surface area contributed by atoms with E-state index in [9.17, 15) is 13.2 Å². The highest BCUT2D eigenvalue weighted by Gasteiger charge is 2.20. The van der Waals surface area contributed by atoms with Gasteiger partial charge in [-0.25, -0.2) is 13.2 Å². The van der Waals surface area contributed by atoms with Crippen molar-refractivity contribution in [1.82, 2.24) is 0 Å². The Kier molecular flexibility index (Phi) is 5.69. The maximum atomic E-state index is 14.7. The molecular formula is C22H19F3O2. The molecule has 0 radical (unpaired) electrons. The molecular weight excluding hydrogens is 353 g/mol. The zero-order chi connectivity index (χ0) is 19.4. The van der Waals surface area contributed by atoms with Gasteiger partial charge in [-0.3, -0.25) is 0 Å². The van der Waals surface area contributed by atoms with Crippen LogP contribution in [-0.4, -0.2) is 13.2 Å². The molecule has 0 heterocycles. The van der Waals surface area contributed by atoms with E-state index in [2.05, 4.69) is 0 Å². The molecule has 27 heavy (non-hydrogen) atoms. The maximum absolute atomic E-state index is 14.7. The highest BCUT2D eigenvalue weighted by Crippen LogP contribution is 2.35. The first kappa shape index (κ1) is 18.8. The minimum Gasteiger partial charge on any atom is -0.494 e. The van der Waals surface area contributed by atoms with Gasteiger partial charge in [-0.15, -0.1) is 0 Å². The summed E-state index contributed by atoms with van der Waals surface area (Å²) in [5.41, 5.74) is 0.538. The lowest BCUT2D eigenvalue weighted by atomic mass is 9.99. The Balaban J connectivity index is 2.06. The van der Waals surface area contributed by atoms with Crippen molar-refractivity contribution in [3.8, 4) is 22.6 Å². The molecule has 0 aliphatic heterocycles. The van der Waals surface area contributed by atoms with Crippen molar-refractivity contribution in [1.29, 1.82) is 0 Å². The molecule has 0 fully saturated rings. The number of ether oxygens (including phenoxy) is 2. The molecule has 0 atom stereocenters. The zero-order valence-electron chi connectivity index (χ0n) is 15.1. The number of halogens is 3. The minimum atomic E-state index is -1.23. The standard InChI is InChI=1S/C22H19F3O2/c1-3-5-12-27-18-11-8-15-13-17(20(23)22(25)19(15)21(18)24)14-6-9-16(10-7-14)26-4-2/h3,5-11,13H,4,12H2,1-2H3. The zero-order valence-corrected chi connectivity index (χ0v) is 15.1. The minimum absolute atomic E-state index is 0.0602. The monoisotopic (exact) mass is 372 g/mol. The van der Waals surface area contributed by atoms with Crippen molar-refractivity contribution in [2.45, 2.75) is 13.8 Å². The number of benzene rings is 3. The number of allylic oxidation sites excluding steroid dienone is 1. The number of rotatable bonds is 6. The fraction of sp³-hybridized carbons (Fsp3) is 0.182. The fourth-order valence-electron chi connectivity index (χ4n) is 2.82. The molecule has 5 heteroatoms. The van der Waals surface area contributed by atoms with E-state index in [-0.39, 0.29) is 23.3 Å². The average Bonchev–Trinajstić information content (AvgIpc) is 2.67. The quantitative estimate of drug-likeness (QED) is 0.474. The van der Waals surface area contributed by atoms with Crippen molar-refractivity contribution in [3.05, 3.63) is 72.1 Å². The van der Waals surface area contributed by atoms with Crippen LogP contribution in [0.5, 0.6) is 11.5 Å². The third-order valence-corrected chi connectivity index (χ3v) is 4.13. The Hall–Kier alpha value is -2.95. The summed E-state index contributed by atoms with van der Waals surface area (Å²) < 4.78 is 54.6. The first-order chi connectivity index (χ1) is 13.1. The molecule has 0 unspecified atom stereocenters. The molecule has 0 saturated carbocycles. The number of hydrogen-bond acceptors (Lipinski definition) is 2. The Morgan fingerprint density at radius 3 is 2.30 bits per heavy atom. The van der Waals surface area contributed by atoms with Gasteiger partial charge >= 0.3 is 0 Å². The van der Waals surface area contributed by atoms with Crippen LogP contribution >= 0.6 is 0 Å². The van der Waals surface area contributed by atoms with Crippen molar-refractivity contribution in [2.24, 2.45) is 0 Å². The van der Waals surface area contributed by atoms with Crippen LogP contribution in [0.4, 0.5) is 13.2 Å². The second-order valence-electron chi connectivity index (χ2n) is 5.87. The number of hydrogen-bond donors (Lipinski definition) is 0. The van der Waals surface area contributed by atoms with Crippen LogP contribution in [0.15, 0.2) is 54.6 Å². The summed E-state index contributed by atoms with van der Waals surface area (Å²) in [6.07, 6.45) is 3.44. The van der Waals surface area contributed by atoms with E-state index in [1.54, 1.807) is 43.3 Å². The van der Waals surface area contributed by atoms with Crippen LogP contribution < -0.4 is 9.47 Å². The molecule has 0 aliphatic rings. The molecule has 0 aliphatic carbocycles. The van der Waals surface area contributed by atoms with Crippen LogP contribution in [0.3, 0.4) is 0 Å². The molecule has 0 saturated heterocycles. The van der Waals surface area contributed by atoms with Gasteiger partial charge < -0.3 is 9.47 Å². The van der Waals surface area contributed by atoms with E-state index in [1.807, 2.05) is 6.92 Å². The van der Waals surface area contributed by atoms with E-state index in [0.29, 0.717) is 17.9 Å². The molecule has 0 amide bonds. The van der Waals surface area contributed by atoms with Crippen molar-refractivity contribution in [3.63, 3.8) is 0 Å². The predicted molar refractivity (Wildman–Crippen MR) is 101 cm³/mol. The molecule has 0 N–H and O–H groups in total. The summed E-state index contributed by atoms with van der Waals surface area (Å²) in [7, 11) is 0. The van der Waals surface area contributed by atoms with Crippen LogP contribution in [0.1, 0.15) is 13.8 Å². The van der Waals surface area contributed by atoms with Gasteiger partial charge in [0.25, 0.3) is 0 Å². The topological polar surface area (TPSA) is 18.5 Å². The predicted octanol–water partition coefficient (Wildman–Crippen LogP) is 6.28. The number of fused-ring (bicyclic) bond motifs is 1. The van der Waals surface area contributed by atoms with E-state index in [0.717, 1.165) is 0 Å². The lowest BCUT2D eigenvalue weighted by molar-refractivity contribution is 0.340. The van der Waals surface area contributed by atoms with E-state index >= 15 is 0 Å². The molecule has 3 aromatic carbocycles. The SMILES string of the molecule is CC=CCOc1ccc2cc(-c3ccc(OCC)cc3)c(F)c(F)c2c1F. The summed E-state index contributed by atoms with van der Waals surface area (Å²) in [5, 5.41) is -0.158. The molecule has 140 valence electrons. The van der Waals surface area contributed by atoms with E-state index in [1.165, 1.54) is 18.2 Å². The largest absolute Gasteiger partial charge is 0.494 e.